The van der Waals surface area contributed by atoms with Gasteiger partial charge in [-0.3, -0.25) is 19.2 Å². The molecule has 0 bridgehead atoms. The number of thioether (sulfide) groups is 1. The normalized spacial score (nSPS) is 26.4. The van der Waals surface area contributed by atoms with Gasteiger partial charge in [0.05, 0.1) is 18.0 Å². The van der Waals surface area contributed by atoms with Crippen molar-refractivity contribution in [1.82, 2.24) is 46.0 Å². The van der Waals surface area contributed by atoms with E-state index in [1.54, 1.807) is 36.1 Å². The second-order valence-electron chi connectivity index (χ2n) is 11.9. The molecule has 2 aromatic rings. The van der Waals surface area contributed by atoms with Gasteiger partial charge >= 0.3 is 5.97 Å². The van der Waals surface area contributed by atoms with E-state index in [0.29, 0.717) is 42.2 Å². The van der Waals surface area contributed by atoms with Crippen molar-refractivity contribution in [2.24, 2.45) is 11.8 Å². The number of piperazine rings is 1. The first-order valence-electron chi connectivity index (χ1n) is 15.2. The third kappa shape index (κ3) is 6.21. The van der Waals surface area contributed by atoms with Crippen molar-refractivity contribution in [3.63, 3.8) is 0 Å². The Labute approximate surface area is 268 Å². The van der Waals surface area contributed by atoms with Gasteiger partial charge in [0.1, 0.15) is 18.6 Å². The maximum Gasteiger partial charge on any atom is 0.353 e. The summed E-state index contributed by atoms with van der Waals surface area (Å²) in [5.74, 6) is -3.08. The molecule has 2 unspecified atom stereocenters. The van der Waals surface area contributed by atoms with E-state index in [1.165, 1.54) is 27.7 Å². The maximum absolute atomic E-state index is 13.2. The average molecular weight is 653 g/mol. The first kappa shape index (κ1) is 31.6. The van der Waals surface area contributed by atoms with Crippen molar-refractivity contribution in [2.75, 3.05) is 38.0 Å². The molecule has 0 spiro atoms. The number of carbonyl (C=O) groups excluding carboxylic acids is 4. The molecule has 6 atom stereocenters. The second-order valence-corrected chi connectivity index (χ2v) is 13.3. The van der Waals surface area contributed by atoms with Crippen LogP contribution in [0.5, 0.6) is 0 Å². The molecule has 4 aliphatic heterocycles. The molecule has 1 aromatic carbocycles. The van der Waals surface area contributed by atoms with Gasteiger partial charge in [-0.1, -0.05) is 13.0 Å². The Balaban J connectivity index is 1.06. The van der Waals surface area contributed by atoms with Crippen LogP contribution in [0.4, 0.5) is 5.69 Å². The molecule has 0 saturated carbocycles. The Hall–Kier alpha value is -4.35. The van der Waals surface area contributed by atoms with Gasteiger partial charge in [0.15, 0.2) is 0 Å². The molecule has 3 fully saturated rings. The fourth-order valence-corrected chi connectivity index (χ4v) is 8.15. The van der Waals surface area contributed by atoms with E-state index in [9.17, 15) is 29.1 Å². The molecule has 4 amide bonds. The number of carbonyl (C=O) groups is 5. The molecule has 0 aliphatic carbocycles. The standard InChI is InChI=1S/C29H36N10O6S/c1-15-23-22(16(2)33-21(40)13-38-14-32-35-36-38)28(43)39(23)24(29(44)45)25(15)46-19-11-20(31-12-19)26(41)34-18-5-3-4-17(10-18)27(42)37-8-6-30-7-9-37/h3-5,10,14-16,19-20,22-23,30-31H,6-9,11-13H2,1-2H3,(H,33,40)(H,34,41)(H,44,45)/t15-,16-,19+,20?,22-,23?/m1/s1. The highest BCUT2D eigenvalue weighted by Gasteiger charge is 2.60. The predicted octanol–water partition coefficient (Wildman–Crippen LogP) is -0.901. The van der Waals surface area contributed by atoms with Crippen LogP contribution in [0.15, 0.2) is 41.2 Å². The van der Waals surface area contributed by atoms with E-state index < -0.39 is 30.0 Å². The predicted molar refractivity (Wildman–Crippen MR) is 165 cm³/mol. The van der Waals surface area contributed by atoms with Gasteiger partial charge in [-0.05, 0) is 42.0 Å². The summed E-state index contributed by atoms with van der Waals surface area (Å²) in [5, 5.41) is 32.9. The van der Waals surface area contributed by atoms with Crippen molar-refractivity contribution < 1.29 is 29.1 Å². The first-order valence-corrected chi connectivity index (χ1v) is 16.1. The van der Waals surface area contributed by atoms with Crippen molar-refractivity contribution >= 4 is 47.0 Å². The Kier molecular flexibility index (Phi) is 9.06. The fraction of sp³-hybridized carbons (Fsp3) is 0.517. The highest BCUT2D eigenvalue weighted by molar-refractivity contribution is 8.03. The van der Waals surface area contributed by atoms with Crippen molar-refractivity contribution in [1.29, 1.82) is 0 Å². The monoisotopic (exact) mass is 652 g/mol. The van der Waals surface area contributed by atoms with Crippen LogP contribution in [0.25, 0.3) is 0 Å². The van der Waals surface area contributed by atoms with Crippen LogP contribution in [-0.2, 0) is 25.7 Å². The number of tetrazole rings is 1. The van der Waals surface area contributed by atoms with E-state index in [0.717, 1.165) is 13.1 Å². The number of fused-ring (bicyclic) bond motifs is 1. The van der Waals surface area contributed by atoms with Gasteiger partial charge in [0.25, 0.3) is 5.91 Å². The zero-order valence-corrected chi connectivity index (χ0v) is 26.2. The molecule has 3 saturated heterocycles. The molecule has 244 valence electrons. The minimum absolute atomic E-state index is 0.0326. The number of carboxylic acids is 1. The lowest BCUT2D eigenvalue weighted by Gasteiger charge is -2.47. The number of β-lactam (4-membered cyclic amide) rings is 1. The van der Waals surface area contributed by atoms with Crippen molar-refractivity contribution in [3.05, 3.63) is 46.8 Å². The Morgan fingerprint density at radius 1 is 1.20 bits per heavy atom. The number of benzene rings is 1. The lowest BCUT2D eigenvalue weighted by molar-refractivity contribution is -0.158. The summed E-state index contributed by atoms with van der Waals surface area (Å²) in [6.07, 6.45) is 1.76. The zero-order chi connectivity index (χ0) is 32.5. The maximum atomic E-state index is 13.2. The number of anilines is 1. The summed E-state index contributed by atoms with van der Waals surface area (Å²) in [6.45, 7) is 6.74. The van der Waals surface area contributed by atoms with Crippen molar-refractivity contribution in [3.8, 4) is 0 Å². The van der Waals surface area contributed by atoms with Crippen LogP contribution in [0.2, 0.25) is 0 Å². The molecule has 17 heteroatoms. The number of nitrogens with one attached hydrogen (secondary N) is 4. The quantitative estimate of drug-likeness (QED) is 0.198. The van der Waals surface area contributed by atoms with Gasteiger partial charge in [0.2, 0.25) is 17.7 Å². The summed E-state index contributed by atoms with van der Waals surface area (Å²) in [5.41, 5.74) is 1.00. The third-order valence-corrected chi connectivity index (χ3v) is 10.4. The summed E-state index contributed by atoms with van der Waals surface area (Å²) < 4.78 is 1.27. The minimum atomic E-state index is -1.19. The van der Waals surface area contributed by atoms with Gasteiger partial charge in [-0.15, -0.1) is 16.9 Å². The number of rotatable bonds is 10. The number of aromatic nitrogens is 4. The van der Waals surface area contributed by atoms with E-state index >= 15 is 0 Å². The lowest BCUT2D eigenvalue weighted by atomic mass is 9.78. The van der Waals surface area contributed by atoms with Gasteiger partial charge in [-0.2, -0.15) is 0 Å². The largest absolute Gasteiger partial charge is 0.477 e. The number of aliphatic carboxylic acids is 1. The van der Waals surface area contributed by atoms with Gasteiger partial charge in [-0.25, -0.2) is 9.48 Å². The van der Waals surface area contributed by atoms with E-state index in [1.807, 2.05) is 6.92 Å². The second kappa shape index (κ2) is 13.2. The molecule has 5 heterocycles. The molecule has 1 aromatic heterocycles. The molecule has 6 rings (SSSR count). The number of amides is 4. The fourth-order valence-electron chi connectivity index (χ4n) is 6.67. The van der Waals surface area contributed by atoms with Crippen LogP contribution in [-0.4, -0.2) is 121 Å². The van der Waals surface area contributed by atoms with Crippen LogP contribution in [0.1, 0.15) is 30.6 Å². The van der Waals surface area contributed by atoms with Gasteiger partial charge < -0.3 is 36.2 Å². The van der Waals surface area contributed by atoms with E-state index in [2.05, 4.69) is 36.8 Å². The van der Waals surface area contributed by atoms with E-state index in [4.69, 9.17) is 0 Å². The van der Waals surface area contributed by atoms with Gasteiger partial charge in [0, 0.05) is 66.1 Å². The zero-order valence-electron chi connectivity index (χ0n) is 25.4. The number of carboxylic acid groups (broad SMARTS) is 1. The molecule has 46 heavy (non-hydrogen) atoms. The van der Waals surface area contributed by atoms with Crippen LogP contribution >= 0.6 is 11.8 Å². The highest BCUT2D eigenvalue weighted by atomic mass is 32.2. The molecular formula is C29H36N10O6S. The minimum Gasteiger partial charge on any atom is -0.477 e. The Morgan fingerprint density at radius 3 is 2.70 bits per heavy atom. The summed E-state index contributed by atoms with van der Waals surface area (Å²) in [6, 6.07) is 5.44. The topological polar surface area (TPSA) is 204 Å². The molecule has 0 radical (unpaired) electrons. The average Bonchev–Trinajstić information content (AvgIpc) is 3.77. The third-order valence-electron chi connectivity index (χ3n) is 8.90. The number of nitrogens with zero attached hydrogens (tertiary/aromatic N) is 6. The van der Waals surface area contributed by atoms with Crippen LogP contribution in [0.3, 0.4) is 0 Å². The Bertz CT molecular complexity index is 1560. The SMILES string of the molecule is C[C@H]1C(S[C@@H]2CNC(C(=O)Nc3cccc(C(=O)N4CCNCC4)c3)C2)=C(C(=O)O)N2C(=O)[C@H]([C@@H](C)NC(=O)Cn3cnnn3)C12. The van der Waals surface area contributed by atoms with E-state index in [-0.39, 0.29) is 47.0 Å². The van der Waals surface area contributed by atoms with Crippen LogP contribution < -0.4 is 21.3 Å². The highest BCUT2D eigenvalue weighted by Crippen LogP contribution is 2.51. The van der Waals surface area contributed by atoms with Crippen LogP contribution in [0, 0.1) is 11.8 Å². The molecule has 5 N–H and O–H groups in total. The molecule has 4 aliphatic rings. The Morgan fingerprint density at radius 2 is 1.98 bits per heavy atom. The number of hydrogen-bond donors (Lipinski definition) is 5. The summed E-state index contributed by atoms with van der Waals surface area (Å²) in [7, 11) is 0. The molecule has 16 nitrogen and oxygen atoms in total. The number of hydrogen-bond acceptors (Lipinski definition) is 11. The first-order chi connectivity index (χ1) is 22.1. The van der Waals surface area contributed by atoms with Crippen molar-refractivity contribution in [2.45, 2.75) is 50.2 Å². The lowest BCUT2D eigenvalue weighted by Crippen LogP contribution is -2.66. The summed E-state index contributed by atoms with van der Waals surface area (Å²) in [4.78, 5) is 67.9. The summed E-state index contributed by atoms with van der Waals surface area (Å²) >= 11 is 1.38. The smallest absolute Gasteiger partial charge is 0.353 e. The molecular weight excluding hydrogens is 616 g/mol.